The molecule has 1 aromatic carbocycles. The number of nitrogen functional groups attached to an aromatic ring is 1. The van der Waals surface area contributed by atoms with E-state index in [-0.39, 0.29) is 12.1 Å². The molecule has 0 aromatic heterocycles. The quantitative estimate of drug-likeness (QED) is 0.512. The molecule has 0 unspecified atom stereocenters. The van der Waals surface area contributed by atoms with Crippen LogP contribution in [0.15, 0.2) is 22.7 Å². The van der Waals surface area contributed by atoms with E-state index in [0.29, 0.717) is 11.3 Å². The number of nitrogens with two attached hydrogens (primary N) is 1. The first-order chi connectivity index (χ1) is 8.66. The molecule has 0 heterocycles. The minimum Gasteiger partial charge on any atom is -0.459 e. The van der Waals surface area contributed by atoms with Crippen molar-refractivity contribution in [3.05, 3.63) is 28.2 Å². The Labute approximate surface area is 116 Å². The number of carbonyl (C=O) groups excluding carboxylic acids is 1. The summed E-state index contributed by atoms with van der Waals surface area (Å²) >= 11 is 3.32. The molecule has 0 atom stereocenters. The van der Waals surface area contributed by atoms with Gasteiger partial charge in [0.2, 0.25) is 0 Å². The van der Waals surface area contributed by atoms with Crippen LogP contribution in [0.3, 0.4) is 0 Å². The van der Waals surface area contributed by atoms with E-state index in [0.717, 1.165) is 30.2 Å². The third kappa shape index (κ3) is 3.48. The van der Waals surface area contributed by atoms with E-state index in [1.54, 1.807) is 18.2 Å². The van der Waals surface area contributed by atoms with Crippen molar-refractivity contribution in [2.45, 2.75) is 44.6 Å². The van der Waals surface area contributed by atoms with Gasteiger partial charge in [-0.2, -0.15) is 0 Å². The van der Waals surface area contributed by atoms with Crippen molar-refractivity contribution in [3.8, 4) is 0 Å². The fourth-order valence-corrected chi connectivity index (χ4v) is 2.67. The zero-order valence-corrected chi connectivity index (χ0v) is 11.9. The molecule has 0 spiro atoms. The van der Waals surface area contributed by atoms with E-state index < -0.39 is 0 Å². The molecule has 0 bridgehead atoms. The maximum Gasteiger partial charge on any atom is 0.340 e. The third-order valence-electron chi connectivity index (χ3n) is 3.31. The van der Waals surface area contributed by atoms with Crippen LogP contribution in [-0.2, 0) is 4.74 Å². The molecule has 0 saturated heterocycles. The van der Waals surface area contributed by atoms with Gasteiger partial charge in [0.05, 0.1) is 5.56 Å². The van der Waals surface area contributed by atoms with Crippen LogP contribution in [-0.4, -0.2) is 12.1 Å². The lowest BCUT2D eigenvalue weighted by molar-refractivity contribution is 0.0268. The molecule has 3 nitrogen and oxygen atoms in total. The van der Waals surface area contributed by atoms with E-state index >= 15 is 0 Å². The molecular weight excluding hydrogens is 294 g/mol. The fraction of sp³-hybridized carbons (Fsp3) is 0.500. The summed E-state index contributed by atoms with van der Waals surface area (Å²) in [7, 11) is 0. The number of benzene rings is 1. The maximum atomic E-state index is 12.0. The Bertz CT molecular complexity index is 426. The predicted octanol–water partition coefficient (Wildman–Crippen LogP) is 3.91. The molecule has 98 valence electrons. The largest absolute Gasteiger partial charge is 0.459 e. The molecule has 1 aromatic rings. The monoisotopic (exact) mass is 311 g/mol. The molecule has 18 heavy (non-hydrogen) atoms. The second-order valence-electron chi connectivity index (χ2n) is 4.75. The number of ether oxygens (including phenoxy) is 1. The summed E-state index contributed by atoms with van der Waals surface area (Å²) < 4.78 is 6.41. The standard InChI is InChI=1S/C14H18BrNO2/c15-10-7-8-12(13(16)9-10)14(17)18-11-5-3-1-2-4-6-11/h7-9,11H,1-6,16H2. The van der Waals surface area contributed by atoms with Gasteiger partial charge < -0.3 is 10.5 Å². The molecule has 1 aliphatic rings. The molecule has 1 aliphatic carbocycles. The van der Waals surface area contributed by atoms with Crippen LogP contribution in [0.4, 0.5) is 5.69 Å². The first kappa shape index (κ1) is 13.4. The van der Waals surface area contributed by atoms with Crippen molar-refractivity contribution in [2.24, 2.45) is 0 Å². The molecule has 1 saturated carbocycles. The highest BCUT2D eigenvalue weighted by molar-refractivity contribution is 9.10. The maximum absolute atomic E-state index is 12.0. The Morgan fingerprint density at radius 1 is 1.22 bits per heavy atom. The van der Waals surface area contributed by atoms with E-state index in [1.807, 2.05) is 0 Å². The molecule has 0 radical (unpaired) electrons. The SMILES string of the molecule is Nc1cc(Br)ccc1C(=O)OC1CCCCCC1. The number of anilines is 1. The van der Waals surface area contributed by atoms with Crippen LogP contribution in [0.1, 0.15) is 48.9 Å². The second-order valence-corrected chi connectivity index (χ2v) is 5.67. The van der Waals surface area contributed by atoms with Crippen LogP contribution >= 0.6 is 15.9 Å². The van der Waals surface area contributed by atoms with Crippen molar-refractivity contribution < 1.29 is 9.53 Å². The molecule has 0 aliphatic heterocycles. The minimum atomic E-state index is -0.299. The smallest absolute Gasteiger partial charge is 0.340 e. The molecule has 2 rings (SSSR count). The van der Waals surface area contributed by atoms with Gasteiger partial charge in [-0.3, -0.25) is 0 Å². The topological polar surface area (TPSA) is 52.3 Å². The number of rotatable bonds is 2. The second kappa shape index (κ2) is 6.23. The summed E-state index contributed by atoms with van der Waals surface area (Å²) in [4.78, 5) is 12.0. The van der Waals surface area contributed by atoms with Crippen LogP contribution in [0.25, 0.3) is 0 Å². The van der Waals surface area contributed by atoms with E-state index in [1.165, 1.54) is 12.8 Å². The number of esters is 1. The summed E-state index contributed by atoms with van der Waals surface area (Å²) in [5.74, 6) is -0.299. The van der Waals surface area contributed by atoms with Gasteiger partial charge in [-0.15, -0.1) is 0 Å². The number of carbonyl (C=O) groups is 1. The average molecular weight is 312 g/mol. The van der Waals surface area contributed by atoms with Gasteiger partial charge in [0.1, 0.15) is 6.10 Å². The highest BCUT2D eigenvalue weighted by Crippen LogP contribution is 2.23. The average Bonchev–Trinajstić information content (AvgIpc) is 2.57. The molecule has 1 fully saturated rings. The first-order valence-corrected chi connectivity index (χ1v) is 7.22. The summed E-state index contributed by atoms with van der Waals surface area (Å²) in [5.41, 5.74) is 6.75. The normalized spacial score (nSPS) is 17.2. The van der Waals surface area contributed by atoms with Crippen molar-refractivity contribution in [1.82, 2.24) is 0 Å². The zero-order valence-electron chi connectivity index (χ0n) is 10.3. The van der Waals surface area contributed by atoms with Crippen LogP contribution < -0.4 is 5.73 Å². The number of halogens is 1. The molecule has 0 amide bonds. The van der Waals surface area contributed by atoms with Gasteiger partial charge >= 0.3 is 5.97 Å². The van der Waals surface area contributed by atoms with Gasteiger partial charge in [-0.25, -0.2) is 4.79 Å². The van der Waals surface area contributed by atoms with Crippen molar-refractivity contribution in [3.63, 3.8) is 0 Å². The summed E-state index contributed by atoms with van der Waals surface area (Å²) in [5, 5.41) is 0. The first-order valence-electron chi connectivity index (χ1n) is 6.43. The lowest BCUT2D eigenvalue weighted by Gasteiger charge is -2.16. The van der Waals surface area contributed by atoms with Gasteiger partial charge in [-0.1, -0.05) is 28.8 Å². The third-order valence-corrected chi connectivity index (χ3v) is 3.80. The van der Waals surface area contributed by atoms with Gasteiger partial charge in [0.15, 0.2) is 0 Å². The number of hydrogen-bond acceptors (Lipinski definition) is 3. The van der Waals surface area contributed by atoms with Gasteiger partial charge in [-0.05, 0) is 43.9 Å². The van der Waals surface area contributed by atoms with Crippen molar-refractivity contribution >= 4 is 27.6 Å². The van der Waals surface area contributed by atoms with Crippen molar-refractivity contribution in [1.29, 1.82) is 0 Å². The van der Waals surface area contributed by atoms with Gasteiger partial charge in [0, 0.05) is 10.2 Å². The zero-order chi connectivity index (χ0) is 13.0. The number of hydrogen-bond donors (Lipinski definition) is 1. The lowest BCUT2D eigenvalue weighted by Crippen LogP contribution is -2.18. The van der Waals surface area contributed by atoms with Crippen LogP contribution in [0, 0.1) is 0 Å². The van der Waals surface area contributed by atoms with E-state index in [2.05, 4.69) is 15.9 Å². The fourth-order valence-electron chi connectivity index (χ4n) is 2.29. The summed E-state index contributed by atoms with van der Waals surface area (Å²) in [6, 6.07) is 5.24. The Kier molecular flexibility index (Phi) is 4.64. The van der Waals surface area contributed by atoms with E-state index in [9.17, 15) is 4.79 Å². The Balaban J connectivity index is 2.02. The Hall–Kier alpha value is -1.03. The summed E-state index contributed by atoms with van der Waals surface area (Å²) in [6.07, 6.45) is 6.79. The molecule has 2 N–H and O–H groups in total. The summed E-state index contributed by atoms with van der Waals surface area (Å²) in [6.45, 7) is 0. The molecule has 4 heteroatoms. The highest BCUT2D eigenvalue weighted by Gasteiger charge is 2.19. The Morgan fingerprint density at radius 2 is 1.89 bits per heavy atom. The minimum absolute atomic E-state index is 0.0584. The Morgan fingerprint density at radius 3 is 2.50 bits per heavy atom. The van der Waals surface area contributed by atoms with Crippen LogP contribution in [0.5, 0.6) is 0 Å². The predicted molar refractivity (Wildman–Crippen MR) is 75.5 cm³/mol. The van der Waals surface area contributed by atoms with Gasteiger partial charge in [0.25, 0.3) is 0 Å². The lowest BCUT2D eigenvalue weighted by atomic mass is 10.1. The van der Waals surface area contributed by atoms with Crippen LogP contribution in [0.2, 0.25) is 0 Å². The molecular formula is C14H18BrNO2. The highest BCUT2D eigenvalue weighted by atomic mass is 79.9. The van der Waals surface area contributed by atoms with Crippen molar-refractivity contribution in [2.75, 3.05) is 5.73 Å². The van der Waals surface area contributed by atoms with E-state index in [4.69, 9.17) is 10.5 Å².